The molecule has 0 unspecified atom stereocenters. The summed E-state index contributed by atoms with van der Waals surface area (Å²) in [5.41, 5.74) is 4.91. The molecule has 100 valence electrons. The van der Waals surface area contributed by atoms with Crippen molar-refractivity contribution in [2.24, 2.45) is 5.73 Å². The summed E-state index contributed by atoms with van der Waals surface area (Å²) < 4.78 is 26.0. The third-order valence-corrected chi connectivity index (χ3v) is 4.03. The van der Waals surface area contributed by atoms with Crippen LogP contribution in [0.25, 0.3) is 0 Å². The van der Waals surface area contributed by atoms with Crippen molar-refractivity contribution < 1.29 is 13.3 Å². The fourth-order valence-corrected chi connectivity index (χ4v) is 2.79. The van der Waals surface area contributed by atoms with Crippen LogP contribution in [0.1, 0.15) is 6.42 Å². The number of benzene rings is 1. The molecule has 0 saturated heterocycles. The molecule has 1 aromatic carbocycles. The lowest BCUT2D eigenvalue weighted by Crippen LogP contribution is -2.26. The Bertz CT molecular complexity index is 547. The van der Waals surface area contributed by atoms with E-state index < -0.39 is 14.9 Å². The highest BCUT2D eigenvalue weighted by molar-refractivity contribution is 7.89. The maximum atomic E-state index is 11.8. The highest BCUT2D eigenvalue weighted by atomic mass is 35.5. The van der Waals surface area contributed by atoms with Gasteiger partial charge in [-0.25, -0.2) is 13.1 Å². The monoisotopic (exact) mass is 293 g/mol. The van der Waals surface area contributed by atoms with E-state index in [-0.39, 0.29) is 22.2 Å². The molecule has 0 aliphatic rings. The van der Waals surface area contributed by atoms with Crippen LogP contribution in [0, 0.1) is 10.1 Å². The number of nitrogens with one attached hydrogen (secondary N) is 1. The Morgan fingerprint density at radius 1 is 1.44 bits per heavy atom. The van der Waals surface area contributed by atoms with Crippen LogP contribution in [0.3, 0.4) is 0 Å². The third kappa shape index (κ3) is 3.64. The first-order chi connectivity index (χ1) is 8.38. The number of halogens is 1. The van der Waals surface area contributed by atoms with E-state index in [1.165, 1.54) is 6.07 Å². The van der Waals surface area contributed by atoms with Crippen LogP contribution in [0.15, 0.2) is 23.1 Å². The molecule has 0 aliphatic carbocycles. The molecule has 0 saturated carbocycles. The Hall–Kier alpha value is -1.22. The Balaban J connectivity index is 3.07. The van der Waals surface area contributed by atoms with Crippen molar-refractivity contribution in [3.8, 4) is 0 Å². The van der Waals surface area contributed by atoms with Crippen molar-refractivity contribution in [1.29, 1.82) is 0 Å². The number of nitro benzene ring substituents is 1. The van der Waals surface area contributed by atoms with Gasteiger partial charge in [0, 0.05) is 18.7 Å². The fraction of sp³-hybridized carbons (Fsp3) is 0.333. The quantitative estimate of drug-likeness (QED) is 0.459. The summed E-state index contributed by atoms with van der Waals surface area (Å²) in [7, 11) is -3.86. The highest BCUT2D eigenvalue weighted by Crippen LogP contribution is 2.25. The molecule has 3 N–H and O–H groups in total. The van der Waals surface area contributed by atoms with Crippen LogP contribution in [-0.4, -0.2) is 26.4 Å². The fourth-order valence-electron chi connectivity index (χ4n) is 1.20. The predicted octanol–water partition coefficient (Wildman–Crippen LogP) is 0.875. The smallest absolute Gasteiger partial charge is 0.270 e. The Morgan fingerprint density at radius 3 is 2.67 bits per heavy atom. The van der Waals surface area contributed by atoms with E-state index in [2.05, 4.69) is 4.72 Å². The summed E-state index contributed by atoms with van der Waals surface area (Å²) in [4.78, 5) is 9.59. The van der Waals surface area contributed by atoms with E-state index in [0.717, 1.165) is 12.1 Å². The van der Waals surface area contributed by atoms with Gasteiger partial charge in [0.05, 0.1) is 9.95 Å². The van der Waals surface area contributed by atoms with Crippen LogP contribution >= 0.6 is 11.6 Å². The van der Waals surface area contributed by atoms with E-state index >= 15 is 0 Å². The van der Waals surface area contributed by atoms with E-state index in [9.17, 15) is 18.5 Å². The average Bonchev–Trinajstić information content (AvgIpc) is 2.29. The lowest BCUT2D eigenvalue weighted by Gasteiger charge is -2.07. The maximum Gasteiger partial charge on any atom is 0.270 e. The summed E-state index contributed by atoms with van der Waals surface area (Å²) in [5.74, 6) is 0. The van der Waals surface area contributed by atoms with Crippen LogP contribution in [0.2, 0.25) is 5.02 Å². The van der Waals surface area contributed by atoms with Crippen LogP contribution in [-0.2, 0) is 10.0 Å². The summed E-state index contributed by atoms with van der Waals surface area (Å²) in [6, 6.07) is 3.24. The van der Waals surface area contributed by atoms with Gasteiger partial charge >= 0.3 is 0 Å². The van der Waals surface area contributed by atoms with Gasteiger partial charge in [-0.2, -0.15) is 0 Å². The van der Waals surface area contributed by atoms with Crippen LogP contribution in [0.4, 0.5) is 5.69 Å². The molecule has 0 aliphatic heterocycles. The maximum absolute atomic E-state index is 11.8. The van der Waals surface area contributed by atoms with Gasteiger partial charge in [-0.1, -0.05) is 11.6 Å². The van der Waals surface area contributed by atoms with Crippen molar-refractivity contribution in [3.63, 3.8) is 0 Å². The van der Waals surface area contributed by atoms with Gasteiger partial charge in [-0.05, 0) is 19.0 Å². The molecule has 0 heterocycles. The average molecular weight is 294 g/mol. The zero-order chi connectivity index (χ0) is 13.8. The highest BCUT2D eigenvalue weighted by Gasteiger charge is 2.20. The number of hydrogen-bond acceptors (Lipinski definition) is 5. The molecule has 0 bridgehead atoms. The second kappa shape index (κ2) is 6.10. The zero-order valence-electron chi connectivity index (χ0n) is 9.30. The van der Waals surface area contributed by atoms with Crippen molar-refractivity contribution in [2.75, 3.05) is 13.1 Å². The molecule has 0 fully saturated rings. The van der Waals surface area contributed by atoms with Gasteiger partial charge in [0.25, 0.3) is 5.69 Å². The largest absolute Gasteiger partial charge is 0.330 e. The van der Waals surface area contributed by atoms with E-state index in [0.29, 0.717) is 13.0 Å². The SMILES string of the molecule is NCCCNS(=O)(=O)c1cc([N+](=O)[O-])ccc1Cl. The molecule has 0 atom stereocenters. The zero-order valence-corrected chi connectivity index (χ0v) is 10.9. The van der Waals surface area contributed by atoms with Gasteiger partial charge in [-0.15, -0.1) is 0 Å². The lowest BCUT2D eigenvalue weighted by molar-refractivity contribution is -0.385. The normalized spacial score (nSPS) is 11.4. The van der Waals surface area contributed by atoms with Crippen LogP contribution in [0.5, 0.6) is 0 Å². The molecule has 1 rings (SSSR count). The number of rotatable bonds is 6. The number of nitrogens with two attached hydrogens (primary N) is 1. The Morgan fingerprint density at radius 2 is 2.11 bits per heavy atom. The Labute approximate surface area is 109 Å². The van der Waals surface area contributed by atoms with Gasteiger partial charge in [0.2, 0.25) is 10.0 Å². The minimum absolute atomic E-state index is 0.0687. The second-order valence-corrected chi connectivity index (χ2v) is 5.55. The summed E-state index contributed by atoms with van der Waals surface area (Å²) in [6.45, 7) is 0.489. The number of nitro groups is 1. The molecule has 1 aromatic rings. The summed E-state index contributed by atoms with van der Waals surface area (Å²) >= 11 is 5.73. The second-order valence-electron chi connectivity index (χ2n) is 3.41. The van der Waals surface area contributed by atoms with Gasteiger partial charge in [-0.3, -0.25) is 10.1 Å². The third-order valence-electron chi connectivity index (χ3n) is 2.09. The number of hydrogen-bond donors (Lipinski definition) is 2. The molecule has 7 nitrogen and oxygen atoms in total. The standard InChI is InChI=1S/C9H12ClN3O4S/c10-8-3-2-7(13(14)15)6-9(8)18(16,17)12-5-1-4-11/h2-3,6,12H,1,4-5,11H2. The van der Waals surface area contributed by atoms with Crippen molar-refractivity contribution in [2.45, 2.75) is 11.3 Å². The molecule has 0 aromatic heterocycles. The molecule has 18 heavy (non-hydrogen) atoms. The molecule has 0 amide bonds. The molecule has 0 radical (unpaired) electrons. The van der Waals surface area contributed by atoms with Gasteiger partial charge in [0.1, 0.15) is 4.90 Å². The molecule has 9 heteroatoms. The van der Waals surface area contributed by atoms with Gasteiger partial charge < -0.3 is 5.73 Å². The van der Waals surface area contributed by atoms with Crippen molar-refractivity contribution in [3.05, 3.63) is 33.3 Å². The minimum atomic E-state index is -3.86. The minimum Gasteiger partial charge on any atom is -0.330 e. The first-order valence-corrected chi connectivity index (χ1v) is 6.88. The van der Waals surface area contributed by atoms with E-state index in [1.54, 1.807) is 0 Å². The summed E-state index contributed by atoms with van der Waals surface area (Å²) in [5, 5.41) is 10.5. The lowest BCUT2D eigenvalue weighted by atomic mass is 10.3. The van der Waals surface area contributed by atoms with Crippen LogP contribution < -0.4 is 10.5 Å². The van der Waals surface area contributed by atoms with Gasteiger partial charge in [0.15, 0.2) is 0 Å². The first kappa shape index (κ1) is 14.8. The van der Waals surface area contributed by atoms with E-state index in [1.807, 2.05) is 0 Å². The predicted molar refractivity (Wildman–Crippen MR) is 67.0 cm³/mol. The number of nitrogens with zero attached hydrogens (tertiary/aromatic N) is 1. The summed E-state index contributed by atoms with van der Waals surface area (Å²) in [6.07, 6.45) is 0.464. The molecular formula is C9H12ClN3O4S. The number of sulfonamides is 1. The number of non-ortho nitro benzene ring substituents is 1. The molecular weight excluding hydrogens is 282 g/mol. The van der Waals surface area contributed by atoms with Crippen molar-refractivity contribution in [1.82, 2.24) is 4.72 Å². The van der Waals surface area contributed by atoms with E-state index in [4.69, 9.17) is 17.3 Å². The van der Waals surface area contributed by atoms with Crippen molar-refractivity contribution >= 4 is 27.3 Å². The Kier molecular flexibility index (Phi) is 5.03. The topological polar surface area (TPSA) is 115 Å². The first-order valence-electron chi connectivity index (χ1n) is 5.02. The molecule has 0 spiro atoms.